The van der Waals surface area contributed by atoms with Crippen LogP contribution in [-0.2, 0) is 17.6 Å². The second-order valence-electron chi connectivity index (χ2n) is 14.0. The molecular weight excluding hydrogens is 676 g/mol. The molecule has 0 saturated heterocycles. The molecule has 0 unspecified atom stereocenters. The van der Waals surface area contributed by atoms with E-state index < -0.39 is 5.97 Å². The Hall–Kier alpha value is -4.28. The monoisotopic (exact) mass is 738 g/mol. The molecule has 0 aromatic heterocycles. The summed E-state index contributed by atoms with van der Waals surface area (Å²) >= 11 is 6.16. The van der Waals surface area contributed by atoms with Crippen molar-refractivity contribution in [3.05, 3.63) is 143 Å². The minimum Gasteiger partial charge on any atom is -0.496 e. The first-order chi connectivity index (χ1) is 25.7. The molecule has 0 heterocycles. The van der Waals surface area contributed by atoms with Crippen LogP contribution in [0.25, 0.3) is 6.08 Å². The summed E-state index contributed by atoms with van der Waals surface area (Å²) < 4.78 is 16.9. The smallest absolute Gasteiger partial charge is 0.336 e. The average Bonchev–Trinajstić information content (AvgIpc) is 3.12. The predicted octanol–water partition coefficient (Wildman–Crippen LogP) is 13.8. The highest BCUT2D eigenvalue weighted by Gasteiger charge is 2.15. The van der Waals surface area contributed by atoms with Gasteiger partial charge in [-0.2, -0.15) is 0 Å². The topological polar surface area (TPSA) is 44.8 Å². The average molecular weight is 739 g/mol. The van der Waals surface area contributed by atoms with Crippen LogP contribution in [0.5, 0.6) is 17.2 Å². The van der Waals surface area contributed by atoms with Crippen molar-refractivity contribution in [1.82, 2.24) is 0 Å². The number of rotatable bonds is 25. The summed E-state index contributed by atoms with van der Waals surface area (Å²) in [6, 6.07) is 9.85. The van der Waals surface area contributed by atoms with Crippen molar-refractivity contribution < 1.29 is 19.0 Å². The van der Waals surface area contributed by atoms with E-state index in [1.54, 1.807) is 20.3 Å². The fourth-order valence-electron chi connectivity index (χ4n) is 5.61. The number of halogens is 1. The quantitative estimate of drug-likeness (QED) is 0.0334. The largest absolute Gasteiger partial charge is 0.496 e. The van der Waals surface area contributed by atoms with Gasteiger partial charge in [0.15, 0.2) is 0 Å². The van der Waals surface area contributed by atoms with E-state index in [9.17, 15) is 4.79 Å². The maximum absolute atomic E-state index is 12.9. The molecule has 0 radical (unpaired) electrons. The number of aryl methyl sites for hydroxylation is 1. The second kappa shape index (κ2) is 28.3. The molecule has 5 heteroatoms. The van der Waals surface area contributed by atoms with Gasteiger partial charge in [0.05, 0.1) is 19.2 Å². The number of carbonyl (C=O) groups is 1. The van der Waals surface area contributed by atoms with E-state index in [1.807, 2.05) is 109 Å². The van der Waals surface area contributed by atoms with Crippen LogP contribution >= 0.6 is 11.6 Å². The van der Waals surface area contributed by atoms with E-state index in [-0.39, 0.29) is 0 Å². The van der Waals surface area contributed by atoms with Crippen molar-refractivity contribution >= 4 is 23.6 Å². The van der Waals surface area contributed by atoms with E-state index in [0.29, 0.717) is 22.4 Å². The maximum Gasteiger partial charge on any atom is 0.336 e. The number of esters is 1. The molecule has 2 aromatic carbocycles. The summed E-state index contributed by atoms with van der Waals surface area (Å²) in [7, 11) is 3.31. The number of unbranched alkanes of at least 4 members (excludes halogenated alkanes) is 5. The molecule has 0 N–H and O–H groups in total. The lowest BCUT2D eigenvalue weighted by Gasteiger charge is -2.16. The van der Waals surface area contributed by atoms with Gasteiger partial charge < -0.3 is 14.2 Å². The Morgan fingerprint density at radius 1 is 0.585 bits per heavy atom. The van der Waals surface area contributed by atoms with Gasteiger partial charge in [-0.05, 0) is 72.9 Å². The number of ether oxygens (including phenoxy) is 3. The zero-order chi connectivity index (χ0) is 38.5. The molecule has 0 amide bonds. The van der Waals surface area contributed by atoms with Crippen molar-refractivity contribution in [2.24, 2.45) is 11.8 Å². The summed E-state index contributed by atoms with van der Waals surface area (Å²) in [6.45, 7) is 9.08. The summed E-state index contributed by atoms with van der Waals surface area (Å²) in [5, 5.41) is 0.593. The van der Waals surface area contributed by atoms with E-state index in [0.717, 1.165) is 66.9 Å². The van der Waals surface area contributed by atoms with Gasteiger partial charge >= 0.3 is 5.97 Å². The van der Waals surface area contributed by atoms with Gasteiger partial charge in [0, 0.05) is 11.6 Å². The standard InChI is InChI=1S/C48H63ClO4/c1-39(2)28-23-19-17-18-21-25-32-43-46(52-6)37-42(31-27-29-40(3)4)38-47(43)53-48(50)33-26-22-16-14-12-10-8-7-9-11-13-15-20-24-30-41-34-35-45(51-5)44(49)36-41/h7-16,20,22,24,26,30,33-40H,17-19,21,23,25,27-29,31-32H2,1-6H3. The normalized spacial score (nSPS) is 12.7. The van der Waals surface area contributed by atoms with Crippen LogP contribution in [0.2, 0.25) is 5.02 Å². The first-order valence-electron chi connectivity index (χ1n) is 19.3. The molecule has 0 aliphatic heterocycles. The fraction of sp³-hybridized carbons (Fsp3) is 0.396. The molecule has 53 heavy (non-hydrogen) atoms. The van der Waals surface area contributed by atoms with Crippen LogP contribution in [0.1, 0.15) is 102 Å². The zero-order valence-electron chi connectivity index (χ0n) is 33.1. The van der Waals surface area contributed by atoms with Crippen LogP contribution in [0.3, 0.4) is 0 Å². The lowest BCUT2D eigenvalue weighted by Crippen LogP contribution is -2.08. The van der Waals surface area contributed by atoms with Crippen LogP contribution < -0.4 is 14.2 Å². The third kappa shape index (κ3) is 21.1. The number of hydrogen-bond acceptors (Lipinski definition) is 4. The second-order valence-corrected chi connectivity index (χ2v) is 14.4. The number of hydrogen-bond donors (Lipinski definition) is 0. The van der Waals surface area contributed by atoms with Crippen molar-refractivity contribution in [3.63, 3.8) is 0 Å². The molecule has 2 rings (SSSR count). The Morgan fingerprint density at radius 3 is 1.66 bits per heavy atom. The highest BCUT2D eigenvalue weighted by Crippen LogP contribution is 2.34. The Kier molecular flexibility index (Phi) is 23.9. The summed E-state index contributed by atoms with van der Waals surface area (Å²) in [5.41, 5.74) is 3.13. The van der Waals surface area contributed by atoms with Crippen molar-refractivity contribution in [2.75, 3.05) is 14.2 Å². The summed E-state index contributed by atoms with van der Waals surface area (Å²) in [6.07, 6.45) is 43.0. The summed E-state index contributed by atoms with van der Waals surface area (Å²) in [4.78, 5) is 12.9. The SMILES string of the molecule is COc1ccc(C=CC=CC=CC=CC=CC=CC=CC=CC(=O)Oc2cc(CCCC(C)C)cc(OC)c2CCCCCCCCC(C)C)cc1Cl. The maximum atomic E-state index is 12.9. The molecule has 0 spiro atoms. The Bertz CT molecular complexity index is 1580. The first-order valence-corrected chi connectivity index (χ1v) is 19.7. The van der Waals surface area contributed by atoms with E-state index >= 15 is 0 Å². The molecule has 286 valence electrons. The molecular formula is C48H63ClO4. The lowest BCUT2D eigenvalue weighted by molar-refractivity contribution is -0.129. The Balaban J connectivity index is 1.85. The van der Waals surface area contributed by atoms with Crippen molar-refractivity contribution in [2.45, 2.75) is 98.3 Å². The van der Waals surface area contributed by atoms with Crippen LogP contribution in [0.4, 0.5) is 0 Å². The minimum atomic E-state index is -0.391. The number of carbonyl (C=O) groups excluding carboxylic acids is 1. The van der Waals surface area contributed by atoms with Crippen LogP contribution in [0, 0.1) is 11.8 Å². The number of allylic oxidation sites excluding steroid dienone is 14. The molecule has 0 fully saturated rings. The first kappa shape index (κ1) is 44.9. The van der Waals surface area contributed by atoms with Crippen molar-refractivity contribution in [3.8, 4) is 17.2 Å². The van der Waals surface area contributed by atoms with E-state index in [4.69, 9.17) is 25.8 Å². The van der Waals surface area contributed by atoms with Gasteiger partial charge in [0.1, 0.15) is 17.2 Å². The zero-order valence-corrected chi connectivity index (χ0v) is 33.8. The summed E-state index contributed by atoms with van der Waals surface area (Å²) in [5.74, 6) is 3.15. The van der Waals surface area contributed by atoms with Gasteiger partial charge in [-0.3, -0.25) is 0 Å². The van der Waals surface area contributed by atoms with Gasteiger partial charge in [0.25, 0.3) is 0 Å². The lowest BCUT2D eigenvalue weighted by atomic mass is 9.97. The number of benzene rings is 2. The molecule has 0 atom stereocenters. The van der Waals surface area contributed by atoms with E-state index in [1.165, 1.54) is 38.2 Å². The number of methoxy groups -OCH3 is 2. The highest BCUT2D eigenvalue weighted by atomic mass is 35.5. The molecule has 0 saturated carbocycles. The van der Waals surface area contributed by atoms with Crippen LogP contribution in [0.15, 0.2) is 121 Å². The molecule has 0 aliphatic rings. The highest BCUT2D eigenvalue weighted by molar-refractivity contribution is 6.32. The molecule has 0 aliphatic carbocycles. The van der Waals surface area contributed by atoms with Crippen LogP contribution in [-0.4, -0.2) is 20.2 Å². The van der Waals surface area contributed by atoms with Gasteiger partial charge in [-0.25, -0.2) is 4.79 Å². The van der Waals surface area contributed by atoms with Gasteiger partial charge in [-0.15, -0.1) is 0 Å². The third-order valence-corrected chi connectivity index (χ3v) is 8.80. The van der Waals surface area contributed by atoms with Gasteiger partial charge in [-0.1, -0.05) is 181 Å². The van der Waals surface area contributed by atoms with Gasteiger partial charge in [0.2, 0.25) is 0 Å². The Morgan fingerprint density at radius 2 is 1.09 bits per heavy atom. The third-order valence-electron chi connectivity index (χ3n) is 8.50. The predicted molar refractivity (Wildman–Crippen MR) is 228 cm³/mol. The minimum absolute atomic E-state index is 0.391. The Labute approximate surface area is 326 Å². The molecule has 2 aromatic rings. The fourth-order valence-corrected chi connectivity index (χ4v) is 5.88. The molecule has 4 nitrogen and oxygen atoms in total. The molecule has 0 bridgehead atoms. The van der Waals surface area contributed by atoms with E-state index in [2.05, 4.69) is 33.8 Å². The van der Waals surface area contributed by atoms with Crippen molar-refractivity contribution in [1.29, 1.82) is 0 Å².